The Balaban J connectivity index is 1.99. The molecule has 0 saturated heterocycles. The van der Waals surface area contributed by atoms with Gasteiger partial charge in [-0.15, -0.1) is 0 Å². The van der Waals surface area contributed by atoms with Gasteiger partial charge >= 0.3 is 0 Å². The van der Waals surface area contributed by atoms with Gasteiger partial charge in [0.15, 0.2) is 0 Å². The quantitative estimate of drug-likeness (QED) is 0.850. The normalized spacial score (nSPS) is 17.5. The van der Waals surface area contributed by atoms with Crippen molar-refractivity contribution in [2.24, 2.45) is 5.92 Å². The number of amides is 1. The van der Waals surface area contributed by atoms with Crippen molar-refractivity contribution in [1.82, 2.24) is 10.3 Å². The van der Waals surface area contributed by atoms with Gasteiger partial charge in [0.25, 0.3) is 5.91 Å². The van der Waals surface area contributed by atoms with E-state index in [0.717, 1.165) is 31.7 Å². The standard InChI is InChI=1S/C14H16FN3O/c15-13-7-6-11(9-17-13)14(19)18-12(8-16)10-4-2-1-3-5-10/h6-7,9-10,12H,1-5H2,(H,18,19). The largest absolute Gasteiger partial charge is 0.336 e. The van der Waals surface area contributed by atoms with Crippen LogP contribution >= 0.6 is 0 Å². The second kappa shape index (κ2) is 6.28. The van der Waals surface area contributed by atoms with E-state index >= 15 is 0 Å². The second-order valence-electron chi connectivity index (χ2n) is 4.85. The summed E-state index contributed by atoms with van der Waals surface area (Å²) < 4.78 is 12.7. The molecule has 1 fully saturated rings. The monoisotopic (exact) mass is 261 g/mol. The third-order valence-corrected chi connectivity index (χ3v) is 3.54. The van der Waals surface area contributed by atoms with Gasteiger partial charge in [0.1, 0.15) is 6.04 Å². The molecule has 1 aliphatic rings. The molecule has 1 amide bonds. The molecular formula is C14H16FN3O. The third kappa shape index (κ3) is 3.50. The van der Waals surface area contributed by atoms with Crippen molar-refractivity contribution >= 4 is 5.91 Å². The molecule has 1 aromatic rings. The number of aromatic nitrogens is 1. The average molecular weight is 261 g/mol. The zero-order valence-electron chi connectivity index (χ0n) is 10.6. The number of hydrogen-bond acceptors (Lipinski definition) is 3. The molecule has 0 radical (unpaired) electrons. The number of pyridine rings is 1. The summed E-state index contributed by atoms with van der Waals surface area (Å²) in [6.07, 6.45) is 6.54. The maximum absolute atomic E-state index is 12.7. The Labute approximate surface area is 111 Å². The van der Waals surface area contributed by atoms with E-state index in [-0.39, 0.29) is 17.4 Å². The van der Waals surface area contributed by atoms with Crippen LogP contribution in [-0.2, 0) is 0 Å². The summed E-state index contributed by atoms with van der Waals surface area (Å²) >= 11 is 0. The first-order chi connectivity index (χ1) is 9.20. The molecule has 1 atom stereocenters. The molecule has 0 aromatic carbocycles. The fraction of sp³-hybridized carbons (Fsp3) is 0.500. The van der Waals surface area contributed by atoms with E-state index in [4.69, 9.17) is 0 Å². The van der Waals surface area contributed by atoms with Gasteiger partial charge in [-0.1, -0.05) is 19.3 Å². The Bertz CT molecular complexity index is 474. The number of rotatable bonds is 3. The van der Waals surface area contributed by atoms with Gasteiger partial charge in [-0.25, -0.2) is 4.98 Å². The lowest BCUT2D eigenvalue weighted by Gasteiger charge is -2.26. The van der Waals surface area contributed by atoms with Gasteiger partial charge in [-0.05, 0) is 30.9 Å². The third-order valence-electron chi connectivity index (χ3n) is 3.54. The van der Waals surface area contributed by atoms with E-state index in [2.05, 4.69) is 16.4 Å². The van der Waals surface area contributed by atoms with Gasteiger partial charge in [0.2, 0.25) is 5.95 Å². The van der Waals surface area contributed by atoms with E-state index in [1.807, 2.05) is 0 Å². The predicted octanol–water partition coefficient (Wildman–Crippen LogP) is 2.42. The molecule has 2 rings (SSSR count). The van der Waals surface area contributed by atoms with Crippen LogP contribution in [0.2, 0.25) is 0 Å². The van der Waals surface area contributed by atoms with Gasteiger partial charge < -0.3 is 5.32 Å². The molecule has 1 N–H and O–H groups in total. The molecule has 0 spiro atoms. The van der Waals surface area contributed by atoms with Crippen LogP contribution in [-0.4, -0.2) is 16.9 Å². The first-order valence-electron chi connectivity index (χ1n) is 6.53. The number of carbonyl (C=O) groups excluding carboxylic acids is 1. The molecule has 4 nitrogen and oxygen atoms in total. The van der Waals surface area contributed by atoms with Crippen molar-refractivity contribution in [2.75, 3.05) is 0 Å². The first-order valence-corrected chi connectivity index (χ1v) is 6.53. The predicted molar refractivity (Wildman–Crippen MR) is 67.6 cm³/mol. The lowest BCUT2D eigenvalue weighted by Crippen LogP contribution is -2.40. The van der Waals surface area contributed by atoms with Crippen LogP contribution in [0.3, 0.4) is 0 Å². The van der Waals surface area contributed by atoms with Crippen molar-refractivity contribution < 1.29 is 9.18 Å². The molecule has 19 heavy (non-hydrogen) atoms. The summed E-state index contributed by atoms with van der Waals surface area (Å²) in [5.74, 6) is -0.776. The first kappa shape index (κ1) is 13.5. The number of nitrogens with one attached hydrogen (secondary N) is 1. The average Bonchev–Trinajstić information content (AvgIpc) is 2.46. The highest BCUT2D eigenvalue weighted by Crippen LogP contribution is 2.26. The SMILES string of the molecule is N#CC(NC(=O)c1ccc(F)nc1)C1CCCCC1. The van der Waals surface area contributed by atoms with Crippen molar-refractivity contribution in [3.05, 3.63) is 29.8 Å². The van der Waals surface area contributed by atoms with Crippen molar-refractivity contribution in [1.29, 1.82) is 5.26 Å². The topological polar surface area (TPSA) is 65.8 Å². The maximum Gasteiger partial charge on any atom is 0.253 e. The summed E-state index contributed by atoms with van der Waals surface area (Å²) in [7, 11) is 0. The van der Waals surface area contributed by atoms with Crippen molar-refractivity contribution in [2.45, 2.75) is 38.1 Å². The molecule has 1 unspecified atom stereocenters. The van der Waals surface area contributed by atoms with Crippen LogP contribution in [0.15, 0.2) is 18.3 Å². The van der Waals surface area contributed by atoms with Crippen LogP contribution in [0.25, 0.3) is 0 Å². The Morgan fingerprint density at radius 2 is 2.16 bits per heavy atom. The highest BCUT2D eigenvalue weighted by molar-refractivity contribution is 5.94. The minimum Gasteiger partial charge on any atom is -0.336 e. The Kier molecular flexibility index (Phi) is 4.45. The summed E-state index contributed by atoms with van der Waals surface area (Å²) in [4.78, 5) is 15.4. The summed E-state index contributed by atoms with van der Waals surface area (Å²) in [6, 6.07) is 4.19. The molecule has 1 aliphatic carbocycles. The molecule has 0 aliphatic heterocycles. The van der Waals surface area contributed by atoms with E-state index < -0.39 is 12.0 Å². The van der Waals surface area contributed by atoms with Gasteiger partial charge in [0.05, 0.1) is 11.6 Å². The number of nitriles is 1. The van der Waals surface area contributed by atoms with Gasteiger partial charge in [-0.3, -0.25) is 4.79 Å². The highest BCUT2D eigenvalue weighted by Gasteiger charge is 2.25. The minimum atomic E-state index is -0.624. The second-order valence-corrected chi connectivity index (χ2v) is 4.85. The number of nitrogens with zero attached hydrogens (tertiary/aromatic N) is 2. The van der Waals surface area contributed by atoms with E-state index in [1.165, 1.54) is 18.7 Å². The minimum absolute atomic E-state index is 0.219. The van der Waals surface area contributed by atoms with E-state index in [0.29, 0.717) is 0 Å². The molecule has 1 aromatic heterocycles. The van der Waals surface area contributed by atoms with Gasteiger partial charge in [0, 0.05) is 6.20 Å². The molecule has 0 bridgehead atoms. The summed E-state index contributed by atoms with van der Waals surface area (Å²) in [5, 5.41) is 11.9. The highest BCUT2D eigenvalue weighted by atomic mass is 19.1. The number of carbonyl (C=O) groups is 1. The molecule has 1 heterocycles. The van der Waals surface area contributed by atoms with Crippen molar-refractivity contribution in [3.63, 3.8) is 0 Å². The molecule has 1 saturated carbocycles. The molecular weight excluding hydrogens is 245 g/mol. The molecule has 100 valence electrons. The fourth-order valence-corrected chi connectivity index (χ4v) is 2.46. The zero-order chi connectivity index (χ0) is 13.7. The van der Waals surface area contributed by atoms with E-state index in [9.17, 15) is 14.4 Å². The number of halogens is 1. The van der Waals surface area contributed by atoms with Crippen LogP contribution in [0.1, 0.15) is 42.5 Å². The van der Waals surface area contributed by atoms with Crippen LogP contribution in [0, 0.1) is 23.2 Å². The van der Waals surface area contributed by atoms with Crippen molar-refractivity contribution in [3.8, 4) is 6.07 Å². The lowest BCUT2D eigenvalue weighted by molar-refractivity contribution is 0.0928. The Hall–Kier alpha value is -1.96. The summed E-state index contributed by atoms with van der Waals surface area (Å²) in [5.41, 5.74) is 0.275. The Morgan fingerprint density at radius 1 is 1.42 bits per heavy atom. The lowest BCUT2D eigenvalue weighted by atomic mass is 9.84. The van der Waals surface area contributed by atoms with Gasteiger partial charge in [-0.2, -0.15) is 9.65 Å². The zero-order valence-corrected chi connectivity index (χ0v) is 10.6. The fourth-order valence-electron chi connectivity index (χ4n) is 2.46. The molecule has 5 heteroatoms. The Morgan fingerprint density at radius 3 is 2.74 bits per heavy atom. The summed E-state index contributed by atoms with van der Waals surface area (Å²) in [6.45, 7) is 0. The van der Waals surface area contributed by atoms with Crippen LogP contribution in [0.4, 0.5) is 4.39 Å². The smallest absolute Gasteiger partial charge is 0.253 e. The van der Waals surface area contributed by atoms with E-state index in [1.54, 1.807) is 0 Å². The number of hydrogen-bond donors (Lipinski definition) is 1. The maximum atomic E-state index is 12.7. The van der Waals surface area contributed by atoms with Crippen LogP contribution in [0.5, 0.6) is 0 Å². The van der Waals surface area contributed by atoms with Crippen LogP contribution < -0.4 is 5.32 Å².